The minimum Gasteiger partial charge on any atom is -0.497 e. The van der Waals surface area contributed by atoms with Crippen LogP contribution in [0.2, 0.25) is 5.02 Å². The Morgan fingerprint density at radius 1 is 0.936 bits per heavy atom. The average molecular weight is 657 g/mol. The maximum Gasteiger partial charge on any atom is 0.246 e. The second kappa shape index (κ2) is 14.9. The lowest BCUT2D eigenvalue weighted by molar-refractivity contribution is -0.126. The Morgan fingerprint density at radius 2 is 1.81 bits per heavy atom. The van der Waals surface area contributed by atoms with E-state index in [0.29, 0.717) is 48.4 Å². The maximum absolute atomic E-state index is 12.3. The van der Waals surface area contributed by atoms with Crippen molar-refractivity contribution >= 4 is 62.1 Å². The number of halogens is 1. The summed E-state index contributed by atoms with van der Waals surface area (Å²) in [6.45, 7) is 2.16. The van der Waals surface area contributed by atoms with E-state index in [1.807, 2.05) is 60.7 Å². The summed E-state index contributed by atoms with van der Waals surface area (Å²) in [4.78, 5) is 32.4. The third-order valence-electron chi connectivity index (χ3n) is 7.22. The molecule has 0 bridgehead atoms. The molecule has 242 valence electrons. The molecule has 13 nitrogen and oxygen atoms in total. The minimum atomic E-state index is -0.224. The molecule has 3 aromatic heterocycles. The van der Waals surface area contributed by atoms with Gasteiger partial charge in [-0.25, -0.2) is 9.97 Å². The molecule has 0 aliphatic heterocycles. The van der Waals surface area contributed by atoms with Crippen molar-refractivity contribution in [2.45, 2.75) is 13.2 Å². The fraction of sp³-hybridized carbons (Fsp3) is 0.242. The highest BCUT2D eigenvalue weighted by atomic mass is 35.5. The third-order valence-corrected chi connectivity index (χ3v) is 7.46. The van der Waals surface area contributed by atoms with E-state index in [1.165, 1.54) is 6.33 Å². The van der Waals surface area contributed by atoms with E-state index >= 15 is 0 Å². The Kier molecular flexibility index (Phi) is 10.1. The minimum absolute atomic E-state index is 0.0703. The van der Waals surface area contributed by atoms with E-state index in [2.05, 4.69) is 30.6 Å². The first-order valence-electron chi connectivity index (χ1n) is 14.9. The number of hydrogen-bond acceptors (Lipinski definition) is 11. The van der Waals surface area contributed by atoms with Gasteiger partial charge in [0.15, 0.2) is 5.65 Å². The Morgan fingerprint density at radius 3 is 2.70 bits per heavy atom. The third kappa shape index (κ3) is 7.95. The number of nitrogen functional groups attached to an aromatic ring is 1. The summed E-state index contributed by atoms with van der Waals surface area (Å²) in [7, 11) is 1.64. The van der Waals surface area contributed by atoms with E-state index in [9.17, 15) is 4.79 Å². The van der Waals surface area contributed by atoms with Crippen LogP contribution < -0.4 is 25.8 Å². The Labute approximate surface area is 274 Å². The molecule has 0 saturated heterocycles. The normalized spacial score (nSPS) is 11.3. The number of methoxy groups -OCH3 is 1. The summed E-state index contributed by atoms with van der Waals surface area (Å²) in [5, 5.41) is 8.87. The molecule has 5 N–H and O–H groups in total. The van der Waals surface area contributed by atoms with Crippen molar-refractivity contribution in [3.63, 3.8) is 0 Å². The largest absolute Gasteiger partial charge is 0.497 e. The van der Waals surface area contributed by atoms with Crippen LogP contribution in [0, 0.1) is 0 Å². The van der Waals surface area contributed by atoms with Crippen molar-refractivity contribution in [3.8, 4) is 11.6 Å². The molecule has 14 heteroatoms. The zero-order valence-corrected chi connectivity index (χ0v) is 26.3. The maximum atomic E-state index is 12.3. The lowest BCUT2D eigenvalue weighted by Gasteiger charge is -2.14. The van der Waals surface area contributed by atoms with Crippen molar-refractivity contribution in [1.29, 1.82) is 0 Å². The second-order valence-electron chi connectivity index (χ2n) is 10.5. The lowest BCUT2D eigenvalue weighted by Crippen LogP contribution is -2.27. The van der Waals surface area contributed by atoms with Crippen LogP contribution in [0.5, 0.6) is 11.6 Å². The van der Waals surface area contributed by atoms with Gasteiger partial charge in [0.2, 0.25) is 17.7 Å². The van der Waals surface area contributed by atoms with Crippen LogP contribution in [0.1, 0.15) is 11.1 Å². The number of carbonyl (C=O) groups is 1. The molecule has 3 aromatic carbocycles. The van der Waals surface area contributed by atoms with E-state index in [4.69, 9.17) is 41.3 Å². The SMILES string of the molecule is COc1ccc2nc3cc(Cl)ccc3c(NCCOCCOCC(=O)NCc3cccc(COc4nc(N)nc5nc[nH]c45)c3)c2c1. The first-order chi connectivity index (χ1) is 23.0. The molecule has 0 saturated carbocycles. The molecule has 0 spiro atoms. The number of carbonyl (C=O) groups excluding carboxylic acids is 1. The van der Waals surface area contributed by atoms with Crippen LogP contribution in [-0.2, 0) is 27.4 Å². The number of nitrogens with two attached hydrogens (primary N) is 1. The van der Waals surface area contributed by atoms with Crippen LogP contribution in [0.3, 0.4) is 0 Å². The highest BCUT2D eigenvalue weighted by molar-refractivity contribution is 6.31. The fourth-order valence-electron chi connectivity index (χ4n) is 5.01. The summed E-state index contributed by atoms with van der Waals surface area (Å²) in [6.07, 6.45) is 1.51. The number of benzene rings is 3. The van der Waals surface area contributed by atoms with Gasteiger partial charge < -0.3 is 40.3 Å². The van der Waals surface area contributed by atoms with Crippen molar-refractivity contribution in [3.05, 3.63) is 83.1 Å². The van der Waals surface area contributed by atoms with Crippen LogP contribution in [-0.4, -0.2) is 70.9 Å². The number of aromatic nitrogens is 5. The van der Waals surface area contributed by atoms with E-state index in [0.717, 1.165) is 44.4 Å². The average Bonchev–Trinajstić information content (AvgIpc) is 3.55. The highest BCUT2D eigenvalue weighted by Crippen LogP contribution is 2.34. The Balaban J connectivity index is 0.904. The molecule has 47 heavy (non-hydrogen) atoms. The summed E-state index contributed by atoms with van der Waals surface area (Å²) in [5.74, 6) is 0.926. The summed E-state index contributed by atoms with van der Waals surface area (Å²) in [6, 6.07) is 19.1. The number of ether oxygens (including phenoxy) is 4. The van der Waals surface area contributed by atoms with Crippen LogP contribution >= 0.6 is 11.6 Å². The summed E-state index contributed by atoms with van der Waals surface area (Å²) in [5.41, 5.74) is 11.1. The Hall–Kier alpha value is -5.24. The number of nitrogens with one attached hydrogen (secondary N) is 3. The van der Waals surface area contributed by atoms with Crippen molar-refractivity contribution < 1.29 is 23.7 Å². The molecule has 3 heterocycles. The van der Waals surface area contributed by atoms with Gasteiger partial charge in [-0.15, -0.1) is 0 Å². The van der Waals surface area contributed by atoms with Gasteiger partial charge in [0, 0.05) is 28.9 Å². The van der Waals surface area contributed by atoms with Gasteiger partial charge in [0.05, 0.1) is 50.0 Å². The standard InChI is InChI=1S/C33H33ClN8O5/c1-44-23-6-8-26-25(15-23)29(24-7-5-22(34)14-27(24)40-26)36-9-10-45-11-12-46-18-28(43)37-16-20-3-2-4-21(13-20)17-47-32-30-31(39-19-38-30)41-33(35)42-32/h2-8,13-15,19H,9-12,16-18H2,1H3,(H,36,40)(H,37,43)(H3,35,38,39,41,42). The first kappa shape index (κ1) is 31.7. The number of H-pyrrole nitrogens is 1. The zero-order chi connectivity index (χ0) is 32.6. The van der Waals surface area contributed by atoms with Crippen molar-refractivity contribution in [1.82, 2.24) is 30.2 Å². The number of aromatic amines is 1. The quantitative estimate of drug-likeness (QED) is 0.0896. The number of fused-ring (bicyclic) bond motifs is 3. The van der Waals surface area contributed by atoms with E-state index in [1.54, 1.807) is 7.11 Å². The molecule has 0 unspecified atom stereocenters. The second-order valence-corrected chi connectivity index (χ2v) is 10.9. The van der Waals surface area contributed by atoms with Gasteiger partial charge in [0.25, 0.3) is 0 Å². The van der Waals surface area contributed by atoms with Crippen LogP contribution in [0.15, 0.2) is 67.0 Å². The molecular weight excluding hydrogens is 624 g/mol. The number of rotatable bonds is 15. The predicted octanol–water partition coefficient (Wildman–Crippen LogP) is 4.64. The molecule has 6 rings (SSSR count). The molecule has 1 amide bonds. The number of pyridine rings is 1. The lowest BCUT2D eigenvalue weighted by atomic mass is 10.1. The first-order valence-corrected chi connectivity index (χ1v) is 15.2. The molecule has 0 atom stereocenters. The molecule has 0 radical (unpaired) electrons. The zero-order valence-electron chi connectivity index (χ0n) is 25.6. The smallest absolute Gasteiger partial charge is 0.246 e. The Bertz CT molecular complexity index is 2020. The summed E-state index contributed by atoms with van der Waals surface area (Å²) < 4.78 is 22.5. The fourth-order valence-corrected chi connectivity index (χ4v) is 5.17. The molecule has 0 aliphatic rings. The summed E-state index contributed by atoms with van der Waals surface area (Å²) >= 11 is 6.22. The highest BCUT2D eigenvalue weighted by Gasteiger charge is 2.12. The number of nitrogens with zero attached hydrogens (tertiary/aromatic N) is 4. The van der Waals surface area contributed by atoms with Gasteiger partial charge in [-0.3, -0.25) is 4.79 Å². The van der Waals surface area contributed by atoms with Crippen molar-refractivity contribution in [2.24, 2.45) is 0 Å². The molecule has 6 aromatic rings. The van der Waals surface area contributed by atoms with E-state index < -0.39 is 0 Å². The number of hydrogen-bond donors (Lipinski definition) is 4. The number of imidazole rings is 1. The number of amides is 1. The van der Waals surface area contributed by atoms with Crippen molar-refractivity contribution in [2.75, 3.05) is 51.1 Å². The van der Waals surface area contributed by atoms with Gasteiger partial charge >= 0.3 is 0 Å². The van der Waals surface area contributed by atoms with Crippen LogP contribution in [0.4, 0.5) is 11.6 Å². The van der Waals surface area contributed by atoms with Gasteiger partial charge in [0.1, 0.15) is 24.5 Å². The monoisotopic (exact) mass is 656 g/mol. The topological polar surface area (TPSA) is 171 Å². The predicted molar refractivity (Wildman–Crippen MR) is 180 cm³/mol. The van der Waals surface area contributed by atoms with Crippen LogP contribution in [0.25, 0.3) is 33.0 Å². The van der Waals surface area contributed by atoms with Gasteiger partial charge in [-0.2, -0.15) is 9.97 Å². The van der Waals surface area contributed by atoms with E-state index in [-0.39, 0.29) is 31.7 Å². The number of anilines is 2. The molecular formula is C33H33ClN8O5. The molecule has 0 aliphatic carbocycles. The van der Waals surface area contributed by atoms with Gasteiger partial charge in [-0.1, -0.05) is 35.9 Å². The molecule has 0 fully saturated rings. The van der Waals surface area contributed by atoms with Gasteiger partial charge in [-0.05, 0) is 47.5 Å².